The van der Waals surface area contributed by atoms with Crippen LogP contribution in [0.25, 0.3) is 11.1 Å². The quantitative estimate of drug-likeness (QED) is 0.535. The number of nitriles is 1. The van der Waals surface area contributed by atoms with E-state index in [2.05, 4.69) is 30.3 Å². The minimum Gasteiger partial charge on any atom is -0.458 e. The Hall–Kier alpha value is -2.93. The molecule has 1 saturated heterocycles. The largest absolute Gasteiger partial charge is 0.458 e. The van der Waals surface area contributed by atoms with Crippen LogP contribution in [-0.2, 0) is 20.7 Å². The van der Waals surface area contributed by atoms with Gasteiger partial charge in [0.05, 0.1) is 11.6 Å². The molecule has 29 heavy (non-hydrogen) atoms. The first-order chi connectivity index (χ1) is 14.1. The Morgan fingerprint density at radius 1 is 1.03 bits per heavy atom. The first kappa shape index (κ1) is 19.4. The summed E-state index contributed by atoms with van der Waals surface area (Å²) in [5, 5.41) is 9.09. The summed E-state index contributed by atoms with van der Waals surface area (Å²) in [7, 11) is 0. The lowest BCUT2D eigenvalue weighted by Crippen LogP contribution is -2.48. The summed E-state index contributed by atoms with van der Waals surface area (Å²) < 4.78 is 5.88. The molecule has 0 spiro atoms. The highest BCUT2D eigenvalue weighted by Crippen LogP contribution is 2.43. The van der Waals surface area contributed by atoms with Gasteiger partial charge < -0.3 is 4.74 Å². The Kier molecular flexibility index (Phi) is 5.49. The van der Waals surface area contributed by atoms with Crippen molar-refractivity contribution in [1.82, 2.24) is 0 Å². The molecular formula is C25H25NO3. The van der Waals surface area contributed by atoms with E-state index in [-0.39, 0.29) is 18.2 Å². The molecule has 0 N–H and O–H groups in total. The maximum absolute atomic E-state index is 12.2. The zero-order chi connectivity index (χ0) is 20.3. The number of hydrogen-bond acceptors (Lipinski definition) is 4. The minimum absolute atomic E-state index is 0.0147. The first-order valence-corrected chi connectivity index (χ1v) is 10.4. The molecule has 2 aromatic carbocycles. The maximum Gasteiger partial charge on any atom is 0.313 e. The van der Waals surface area contributed by atoms with E-state index >= 15 is 0 Å². The fourth-order valence-corrected chi connectivity index (χ4v) is 4.87. The summed E-state index contributed by atoms with van der Waals surface area (Å²) in [6.45, 7) is 0. The van der Waals surface area contributed by atoms with Crippen molar-refractivity contribution >= 4 is 11.8 Å². The number of carbonyl (C=O) groups is 2. The zero-order valence-electron chi connectivity index (χ0n) is 16.5. The number of esters is 1. The van der Waals surface area contributed by atoms with Gasteiger partial charge in [-0.1, -0.05) is 49.2 Å². The standard InChI is InChI=1S/C25H25NO3/c26-17-19-4-3-5-21(14-19)20-10-8-18(9-11-20)12-13-25(22-6-1-2-7-22)16-23(27)15-24(28)29-25/h3-5,8-11,14,22H,1-2,6-7,12-13,15-16H2. The predicted molar refractivity (Wildman–Crippen MR) is 110 cm³/mol. The Morgan fingerprint density at radius 2 is 1.79 bits per heavy atom. The molecular weight excluding hydrogens is 362 g/mol. The number of cyclic esters (lactones) is 1. The number of rotatable bonds is 5. The Bertz CT molecular complexity index is 933. The van der Waals surface area contributed by atoms with Gasteiger partial charge in [-0.15, -0.1) is 0 Å². The summed E-state index contributed by atoms with van der Waals surface area (Å²) >= 11 is 0. The number of Topliss-reactive ketones (excluding diaryl/α,β-unsaturated/α-hetero) is 1. The van der Waals surface area contributed by atoms with Gasteiger partial charge in [0.1, 0.15) is 17.8 Å². The van der Waals surface area contributed by atoms with Crippen molar-refractivity contribution < 1.29 is 14.3 Å². The van der Waals surface area contributed by atoms with Gasteiger partial charge in [0.2, 0.25) is 0 Å². The molecule has 0 bridgehead atoms. The molecule has 1 saturated carbocycles. The van der Waals surface area contributed by atoms with Gasteiger partial charge >= 0.3 is 5.97 Å². The summed E-state index contributed by atoms with van der Waals surface area (Å²) in [4.78, 5) is 24.2. The molecule has 148 valence electrons. The summed E-state index contributed by atoms with van der Waals surface area (Å²) in [6.07, 6.45) is 6.12. The van der Waals surface area contributed by atoms with E-state index in [4.69, 9.17) is 10.00 Å². The lowest BCUT2D eigenvalue weighted by atomic mass is 9.76. The van der Waals surface area contributed by atoms with Crippen molar-refractivity contribution in [3.8, 4) is 17.2 Å². The highest BCUT2D eigenvalue weighted by molar-refractivity contribution is 5.98. The fraction of sp³-hybridized carbons (Fsp3) is 0.400. The third kappa shape index (κ3) is 4.24. The number of hydrogen-bond donors (Lipinski definition) is 0. The van der Waals surface area contributed by atoms with Crippen LogP contribution in [0.5, 0.6) is 0 Å². The van der Waals surface area contributed by atoms with Crippen LogP contribution in [0, 0.1) is 17.2 Å². The number of aryl methyl sites for hydroxylation is 1. The van der Waals surface area contributed by atoms with Gasteiger partial charge in [-0.05, 0) is 60.4 Å². The van der Waals surface area contributed by atoms with E-state index in [0.29, 0.717) is 24.3 Å². The molecule has 1 aliphatic carbocycles. The lowest BCUT2D eigenvalue weighted by Gasteiger charge is -2.41. The summed E-state index contributed by atoms with van der Waals surface area (Å²) in [5.41, 5.74) is 3.27. The number of ether oxygens (including phenoxy) is 1. The molecule has 4 heteroatoms. The normalized spacial score (nSPS) is 22.3. The topological polar surface area (TPSA) is 67.2 Å². The number of benzene rings is 2. The van der Waals surface area contributed by atoms with E-state index in [0.717, 1.165) is 48.8 Å². The summed E-state index contributed by atoms with van der Waals surface area (Å²) in [5.74, 6) is -0.0505. The van der Waals surface area contributed by atoms with Gasteiger partial charge in [-0.2, -0.15) is 5.26 Å². The molecule has 4 nitrogen and oxygen atoms in total. The average molecular weight is 387 g/mol. The van der Waals surface area contributed by atoms with Gasteiger partial charge in [-0.3, -0.25) is 9.59 Å². The van der Waals surface area contributed by atoms with Crippen molar-refractivity contribution in [2.24, 2.45) is 5.92 Å². The highest BCUT2D eigenvalue weighted by atomic mass is 16.6. The third-order valence-corrected chi connectivity index (χ3v) is 6.37. The molecule has 0 amide bonds. The van der Waals surface area contributed by atoms with Gasteiger partial charge in [0.15, 0.2) is 0 Å². The van der Waals surface area contributed by atoms with Gasteiger partial charge in [0.25, 0.3) is 0 Å². The Labute approximate surface area is 171 Å². The van der Waals surface area contributed by atoms with Crippen molar-refractivity contribution in [2.75, 3.05) is 0 Å². The minimum atomic E-state index is -0.622. The molecule has 2 fully saturated rings. The highest BCUT2D eigenvalue weighted by Gasteiger charge is 2.47. The van der Waals surface area contributed by atoms with E-state index in [1.54, 1.807) is 6.07 Å². The average Bonchev–Trinajstić information content (AvgIpc) is 3.28. The second kappa shape index (κ2) is 8.21. The summed E-state index contributed by atoms with van der Waals surface area (Å²) in [6, 6.07) is 18.0. The van der Waals surface area contributed by atoms with Crippen LogP contribution in [0.2, 0.25) is 0 Å². The Balaban J connectivity index is 1.50. The molecule has 2 aliphatic rings. The lowest BCUT2D eigenvalue weighted by molar-refractivity contribution is -0.178. The van der Waals surface area contributed by atoms with Gasteiger partial charge in [0, 0.05) is 6.42 Å². The van der Waals surface area contributed by atoms with Crippen molar-refractivity contribution in [1.29, 1.82) is 5.26 Å². The Morgan fingerprint density at radius 3 is 2.48 bits per heavy atom. The van der Waals surface area contributed by atoms with Crippen molar-refractivity contribution in [3.05, 3.63) is 59.7 Å². The van der Waals surface area contributed by atoms with Crippen LogP contribution in [-0.4, -0.2) is 17.4 Å². The monoisotopic (exact) mass is 387 g/mol. The molecule has 1 atom stereocenters. The number of ketones is 1. The molecule has 1 heterocycles. The van der Waals surface area contributed by atoms with Crippen LogP contribution in [0.15, 0.2) is 48.5 Å². The van der Waals surface area contributed by atoms with Crippen LogP contribution < -0.4 is 0 Å². The van der Waals surface area contributed by atoms with E-state index < -0.39 is 5.60 Å². The fourth-order valence-electron chi connectivity index (χ4n) is 4.87. The second-order valence-corrected chi connectivity index (χ2v) is 8.30. The predicted octanol–water partition coefficient (Wildman–Crippen LogP) is 4.99. The van der Waals surface area contributed by atoms with Crippen LogP contribution in [0.3, 0.4) is 0 Å². The van der Waals surface area contributed by atoms with Crippen molar-refractivity contribution in [2.45, 2.75) is 57.0 Å². The van der Waals surface area contributed by atoms with E-state index in [1.807, 2.05) is 18.2 Å². The molecule has 1 aliphatic heterocycles. The van der Waals surface area contributed by atoms with Crippen LogP contribution in [0.1, 0.15) is 56.1 Å². The number of nitrogens with zero attached hydrogens (tertiary/aromatic N) is 1. The van der Waals surface area contributed by atoms with E-state index in [9.17, 15) is 9.59 Å². The van der Waals surface area contributed by atoms with Crippen molar-refractivity contribution in [3.63, 3.8) is 0 Å². The molecule has 1 unspecified atom stereocenters. The van der Waals surface area contributed by atoms with Crippen LogP contribution in [0.4, 0.5) is 0 Å². The SMILES string of the molecule is N#Cc1cccc(-c2ccc(CCC3(C4CCCC4)CC(=O)CC(=O)O3)cc2)c1. The smallest absolute Gasteiger partial charge is 0.313 e. The molecule has 0 radical (unpaired) electrons. The first-order valence-electron chi connectivity index (χ1n) is 10.4. The second-order valence-electron chi connectivity index (χ2n) is 8.30. The maximum atomic E-state index is 12.2. The van der Waals surface area contributed by atoms with Gasteiger partial charge in [-0.25, -0.2) is 0 Å². The number of carbonyl (C=O) groups excluding carboxylic acids is 2. The van der Waals surface area contributed by atoms with E-state index in [1.165, 1.54) is 0 Å². The molecule has 0 aromatic heterocycles. The molecule has 4 rings (SSSR count). The third-order valence-electron chi connectivity index (χ3n) is 6.37. The van der Waals surface area contributed by atoms with Crippen LogP contribution >= 0.6 is 0 Å². The zero-order valence-corrected chi connectivity index (χ0v) is 16.5. The molecule has 2 aromatic rings.